The van der Waals surface area contributed by atoms with Gasteiger partial charge in [-0.3, -0.25) is 9.59 Å². The van der Waals surface area contributed by atoms with Gasteiger partial charge in [-0.15, -0.1) is 0 Å². The van der Waals surface area contributed by atoms with Crippen LogP contribution in [0.25, 0.3) is 0 Å². The Balaban J connectivity index is 2.06. The van der Waals surface area contributed by atoms with Gasteiger partial charge in [0, 0.05) is 5.56 Å². The number of halogens is 2. The molecule has 1 atom stereocenters. The first-order valence-corrected chi connectivity index (χ1v) is 9.47. The summed E-state index contributed by atoms with van der Waals surface area (Å²) in [4.78, 5) is 24.7. The Morgan fingerprint density at radius 2 is 1.48 bits per heavy atom. The highest BCUT2D eigenvalue weighted by molar-refractivity contribution is 9.10. The summed E-state index contributed by atoms with van der Waals surface area (Å²) in [6.07, 6.45) is 0.515. The molecule has 25 heavy (non-hydrogen) atoms. The maximum Gasteiger partial charge on any atom is 0.328 e. The summed E-state index contributed by atoms with van der Waals surface area (Å²) in [6.45, 7) is 5.37. The molecule has 0 amide bonds. The van der Waals surface area contributed by atoms with Gasteiger partial charge < -0.3 is 4.74 Å². The van der Waals surface area contributed by atoms with Crippen LogP contribution in [0.3, 0.4) is 0 Å². The van der Waals surface area contributed by atoms with Crippen LogP contribution in [0.4, 0.5) is 0 Å². The van der Waals surface area contributed by atoms with Gasteiger partial charge in [0.25, 0.3) is 0 Å². The molecule has 2 aromatic rings. The van der Waals surface area contributed by atoms with Crippen LogP contribution in [-0.2, 0) is 11.2 Å². The molecule has 2 aromatic carbocycles. The number of hydrogen-bond donors (Lipinski definition) is 0. The zero-order valence-electron chi connectivity index (χ0n) is 14.4. The Morgan fingerprint density at radius 3 is 2.00 bits per heavy atom. The summed E-state index contributed by atoms with van der Waals surface area (Å²) < 4.78 is 4.00. The average Bonchev–Trinajstić information content (AvgIpc) is 2.54. The van der Waals surface area contributed by atoms with Crippen molar-refractivity contribution in [1.82, 2.24) is 0 Å². The van der Waals surface area contributed by atoms with Gasteiger partial charge in [0.1, 0.15) is 10.1 Å². The van der Waals surface area contributed by atoms with Crippen LogP contribution < -0.4 is 4.74 Å². The molecule has 0 aliphatic carbocycles. The molecule has 0 radical (unpaired) electrons. The lowest BCUT2D eigenvalue weighted by Gasteiger charge is -2.21. The molecule has 0 spiro atoms. The standard InChI is InChI=1S/C20H20Br2O3/c1-19(2,21)17(23)15-9-11-16(12-10-15)25-18(24)20(3,22)13-14-7-5-4-6-8-14/h4-12H,13H2,1-3H3. The highest BCUT2D eigenvalue weighted by atomic mass is 79.9. The molecule has 1 unspecified atom stereocenters. The smallest absolute Gasteiger partial charge is 0.328 e. The quantitative estimate of drug-likeness (QED) is 0.249. The highest BCUT2D eigenvalue weighted by Gasteiger charge is 2.32. The van der Waals surface area contributed by atoms with Crippen LogP contribution in [0.1, 0.15) is 36.7 Å². The normalized spacial score (nSPS) is 13.8. The average molecular weight is 468 g/mol. The number of rotatable bonds is 6. The Labute approximate surface area is 165 Å². The SMILES string of the molecule is CC(C)(Br)C(=O)c1ccc(OC(=O)C(C)(Br)Cc2ccccc2)cc1. The number of benzene rings is 2. The van der Waals surface area contributed by atoms with E-state index in [9.17, 15) is 9.59 Å². The monoisotopic (exact) mass is 466 g/mol. The molecule has 3 nitrogen and oxygen atoms in total. The second-order valence-corrected chi connectivity index (χ2v) is 10.3. The number of carbonyl (C=O) groups is 2. The molecule has 0 aromatic heterocycles. The zero-order chi connectivity index (χ0) is 18.7. The molecule has 0 bridgehead atoms. The molecule has 0 saturated carbocycles. The van der Waals surface area contributed by atoms with E-state index in [1.54, 1.807) is 45.0 Å². The van der Waals surface area contributed by atoms with E-state index in [1.165, 1.54) is 0 Å². The number of ketones is 1. The maximum atomic E-state index is 12.5. The van der Waals surface area contributed by atoms with Crippen LogP contribution >= 0.6 is 31.9 Å². The summed E-state index contributed by atoms with van der Waals surface area (Å²) >= 11 is 6.83. The molecule has 0 fully saturated rings. The number of esters is 1. The molecule has 0 N–H and O–H groups in total. The van der Waals surface area contributed by atoms with Crippen molar-refractivity contribution in [3.63, 3.8) is 0 Å². The number of ether oxygens (including phenoxy) is 1. The van der Waals surface area contributed by atoms with Crippen molar-refractivity contribution in [2.75, 3.05) is 0 Å². The first kappa shape index (κ1) is 19.9. The van der Waals surface area contributed by atoms with E-state index in [-0.39, 0.29) is 11.8 Å². The van der Waals surface area contributed by atoms with E-state index in [0.717, 1.165) is 5.56 Å². The lowest BCUT2D eigenvalue weighted by Crippen LogP contribution is -2.35. The first-order valence-electron chi connectivity index (χ1n) is 7.88. The van der Waals surface area contributed by atoms with Crippen LogP contribution in [0.5, 0.6) is 5.75 Å². The van der Waals surface area contributed by atoms with Crippen molar-refractivity contribution in [3.05, 3.63) is 65.7 Å². The fraction of sp³-hybridized carbons (Fsp3) is 0.300. The van der Waals surface area contributed by atoms with Crippen molar-refractivity contribution < 1.29 is 14.3 Å². The van der Waals surface area contributed by atoms with Gasteiger partial charge in [0.2, 0.25) is 0 Å². The Hall–Kier alpha value is -1.46. The second kappa shape index (κ2) is 7.83. The van der Waals surface area contributed by atoms with Gasteiger partial charge in [-0.05, 0) is 57.0 Å². The fourth-order valence-corrected chi connectivity index (χ4v) is 2.92. The third kappa shape index (κ3) is 5.51. The minimum Gasteiger partial charge on any atom is -0.425 e. The molecular formula is C20H20Br2O3. The van der Waals surface area contributed by atoms with Crippen LogP contribution in [0.2, 0.25) is 0 Å². The van der Waals surface area contributed by atoms with Crippen molar-refractivity contribution >= 4 is 43.6 Å². The summed E-state index contributed by atoms with van der Waals surface area (Å²) in [5.74, 6) is 0.00343. The first-order chi connectivity index (χ1) is 11.6. The molecule has 0 saturated heterocycles. The molecule has 132 valence electrons. The molecule has 0 aliphatic rings. The third-order valence-corrected chi connectivity index (χ3v) is 4.64. The lowest BCUT2D eigenvalue weighted by molar-refractivity contribution is -0.136. The van der Waals surface area contributed by atoms with Gasteiger partial charge in [0.05, 0.1) is 4.32 Å². The second-order valence-electron chi connectivity index (χ2n) is 6.58. The van der Waals surface area contributed by atoms with E-state index in [2.05, 4.69) is 31.9 Å². The fourth-order valence-electron chi connectivity index (χ4n) is 2.28. The van der Waals surface area contributed by atoms with E-state index in [0.29, 0.717) is 17.7 Å². The van der Waals surface area contributed by atoms with Crippen LogP contribution in [-0.4, -0.2) is 20.4 Å². The van der Waals surface area contributed by atoms with Crippen molar-refractivity contribution in [1.29, 1.82) is 0 Å². The molecule has 5 heteroatoms. The van der Waals surface area contributed by atoms with Gasteiger partial charge in [-0.2, -0.15) is 0 Å². The Morgan fingerprint density at radius 1 is 0.920 bits per heavy atom. The number of hydrogen-bond acceptors (Lipinski definition) is 3. The predicted octanol–water partition coefficient (Wildman–Crippen LogP) is 5.34. The molecule has 0 heterocycles. The van der Waals surface area contributed by atoms with E-state index in [1.807, 2.05) is 30.3 Å². The van der Waals surface area contributed by atoms with E-state index < -0.39 is 8.65 Å². The predicted molar refractivity (Wildman–Crippen MR) is 107 cm³/mol. The largest absolute Gasteiger partial charge is 0.425 e. The minimum atomic E-state index is -0.833. The number of carbonyl (C=O) groups excluding carboxylic acids is 2. The molecule has 2 rings (SSSR count). The maximum absolute atomic E-state index is 12.5. The zero-order valence-corrected chi connectivity index (χ0v) is 17.6. The molecule has 0 aliphatic heterocycles. The minimum absolute atomic E-state index is 0.0280. The lowest BCUT2D eigenvalue weighted by atomic mass is 10.0. The van der Waals surface area contributed by atoms with E-state index in [4.69, 9.17) is 4.74 Å². The summed E-state index contributed by atoms with van der Waals surface area (Å²) in [5.41, 5.74) is 1.60. The number of alkyl halides is 2. The third-order valence-electron chi connectivity index (χ3n) is 3.67. The van der Waals surface area contributed by atoms with E-state index >= 15 is 0 Å². The molecular weight excluding hydrogens is 448 g/mol. The van der Waals surface area contributed by atoms with Gasteiger partial charge in [-0.1, -0.05) is 62.2 Å². The summed E-state index contributed by atoms with van der Waals surface area (Å²) in [6, 6.07) is 16.3. The van der Waals surface area contributed by atoms with Crippen LogP contribution in [0.15, 0.2) is 54.6 Å². The van der Waals surface area contributed by atoms with Crippen LogP contribution in [0, 0.1) is 0 Å². The highest BCUT2D eigenvalue weighted by Crippen LogP contribution is 2.27. The topological polar surface area (TPSA) is 43.4 Å². The Kier molecular flexibility index (Phi) is 6.22. The van der Waals surface area contributed by atoms with Crippen molar-refractivity contribution in [3.8, 4) is 5.75 Å². The van der Waals surface area contributed by atoms with Gasteiger partial charge in [0.15, 0.2) is 5.78 Å². The summed E-state index contributed by atoms with van der Waals surface area (Å²) in [5, 5.41) is 0. The van der Waals surface area contributed by atoms with Crippen molar-refractivity contribution in [2.45, 2.75) is 35.8 Å². The number of Topliss-reactive ketones (excluding diaryl/α,β-unsaturated/α-hetero) is 1. The Bertz CT molecular complexity index is 745. The van der Waals surface area contributed by atoms with Gasteiger partial charge >= 0.3 is 5.97 Å². The van der Waals surface area contributed by atoms with Gasteiger partial charge in [-0.25, -0.2) is 0 Å². The van der Waals surface area contributed by atoms with Crippen molar-refractivity contribution in [2.24, 2.45) is 0 Å². The summed E-state index contributed by atoms with van der Waals surface area (Å²) in [7, 11) is 0.